The van der Waals surface area contributed by atoms with Crippen molar-refractivity contribution in [3.8, 4) is 0 Å². The lowest BCUT2D eigenvalue weighted by molar-refractivity contribution is 0.0945. The third-order valence-corrected chi connectivity index (χ3v) is 5.27. The third-order valence-electron chi connectivity index (χ3n) is 3.12. The van der Waals surface area contributed by atoms with Crippen LogP contribution >= 0.6 is 0 Å². The number of nitrogens with zero attached hydrogens (tertiary/aromatic N) is 2. The van der Waals surface area contributed by atoms with Crippen LogP contribution in [0, 0.1) is 0 Å². The Hall–Kier alpha value is -1.70. The molecule has 21 heavy (non-hydrogen) atoms. The van der Waals surface area contributed by atoms with Crippen molar-refractivity contribution in [3.05, 3.63) is 18.1 Å². The zero-order valence-electron chi connectivity index (χ0n) is 12.8. The van der Waals surface area contributed by atoms with Gasteiger partial charge in [0.2, 0.25) is 0 Å². The molecule has 0 fully saturated rings. The van der Waals surface area contributed by atoms with Gasteiger partial charge in [0, 0.05) is 19.3 Å². The van der Waals surface area contributed by atoms with Crippen LogP contribution < -0.4 is 10.6 Å². The molecule has 1 rings (SSSR count). The molecule has 0 saturated carbocycles. The molecule has 7 nitrogen and oxygen atoms in total. The summed E-state index contributed by atoms with van der Waals surface area (Å²) >= 11 is 0. The second-order valence-electron chi connectivity index (χ2n) is 5.43. The Balaban J connectivity index is 2.64. The van der Waals surface area contributed by atoms with E-state index in [1.807, 2.05) is 6.92 Å². The van der Waals surface area contributed by atoms with E-state index < -0.39 is 20.5 Å². The average molecular weight is 314 g/mol. The number of hydrogen-bond donors (Lipinski definition) is 2. The molecular formula is C13H22N4O3S. The number of anilines is 1. The fraction of sp³-hybridized carbons (Fsp3) is 0.615. The molecule has 8 heteroatoms. The standard InChI is InChI=1S/C13H22N4O3S/c1-5-6-14-11-8-15-10(7-16-11)12(18)17-9-13(2,3)21(4,19)20/h7-8H,5-6,9H2,1-4H3,(H,14,16)(H,17,18). The van der Waals surface area contributed by atoms with Crippen LogP contribution in [0.15, 0.2) is 12.4 Å². The summed E-state index contributed by atoms with van der Waals surface area (Å²) in [5.41, 5.74) is 0.154. The van der Waals surface area contributed by atoms with E-state index in [0.717, 1.165) is 19.2 Å². The van der Waals surface area contributed by atoms with E-state index in [9.17, 15) is 13.2 Å². The maximum absolute atomic E-state index is 11.9. The molecule has 1 heterocycles. The van der Waals surface area contributed by atoms with Gasteiger partial charge in [-0.1, -0.05) is 6.92 Å². The highest BCUT2D eigenvalue weighted by Crippen LogP contribution is 2.13. The lowest BCUT2D eigenvalue weighted by Gasteiger charge is -2.22. The number of carbonyl (C=O) groups excluding carboxylic acids is 1. The summed E-state index contributed by atoms with van der Waals surface area (Å²) < 4.78 is 22.1. The Morgan fingerprint density at radius 2 is 1.95 bits per heavy atom. The predicted molar refractivity (Wildman–Crippen MR) is 82.1 cm³/mol. The summed E-state index contributed by atoms with van der Waals surface area (Å²) in [6, 6.07) is 0. The van der Waals surface area contributed by atoms with Crippen molar-refractivity contribution >= 4 is 21.6 Å². The highest BCUT2D eigenvalue weighted by molar-refractivity contribution is 7.92. The molecule has 1 aromatic rings. The number of hydrogen-bond acceptors (Lipinski definition) is 6. The van der Waals surface area contributed by atoms with Crippen LogP contribution in [-0.2, 0) is 9.84 Å². The molecule has 2 N–H and O–H groups in total. The Labute approximate surface area is 125 Å². The second-order valence-corrected chi connectivity index (χ2v) is 8.08. The van der Waals surface area contributed by atoms with Gasteiger partial charge in [-0.15, -0.1) is 0 Å². The quantitative estimate of drug-likeness (QED) is 0.774. The van der Waals surface area contributed by atoms with Gasteiger partial charge in [-0.2, -0.15) is 0 Å². The van der Waals surface area contributed by atoms with Gasteiger partial charge in [-0.3, -0.25) is 4.79 Å². The first-order valence-corrected chi connectivity index (χ1v) is 8.60. The Bertz CT molecular complexity index is 582. The van der Waals surface area contributed by atoms with Crippen LogP contribution in [-0.4, -0.2) is 48.4 Å². The maximum Gasteiger partial charge on any atom is 0.271 e. The molecule has 0 radical (unpaired) electrons. The summed E-state index contributed by atoms with van der Waals surface area (Å²) in [6.07, 6.45) is 4.95. The topological polar surface area (TPSA) is 101 Å². The van der Waals surface area contributed by atoms with Crippen LogP contribution in [0.2, 0.25) is 0 Å². The van der Waals surface area contributed by atoms with E-state index in [1.54, 1.807) is 13.8 Å². The zero-order valence-corrected chi connectivity index (χ0v) is 13.6. The number of amides is 1. The van der Waals surface area contributed by atoms with Gasteiger partial charge >= 0.3 is 0 Å². The molecule has 0 aliphatic heterocycles. The normalized spacial score (nSPS) is 12.0. The molecule has 0 atom stereocenters. The number of sulfone groups is 1. The van der Waals surface area contributed by atoms with Crippen molar-refractivity contribution in [2.75, 3.05) is 24.7 Å². The molecular weight excluding hydrogens is 292 g/mol. The number of nitrogens with one attached hydrogen (secondary N) is 2. The molecule has 0 unspecified atom stereocenters. The number of carbonyl (C=O) groups is 1. The van der Waals surface area contributed by atoms with Crippen LogP contribution in [0.3, 0.4) is 0 Å². The van der Waals surface area contributed by atoms with Gasteiger partial charge < -0.3 is 10.6 Å². The first-order chi connectivity index (χ1) is 9.67. The minimum Gasteiger partial charge on any atom is -0.369 e. The molecule has 1 aromatic heterocycles. The maximum atomic E-state index is 11.9. The highest BCUT2D eigenvalue weighted by Gasteiger charge is 2.30. The fourth-order valence-corrected chi connectivity index (χ4v) is 1.64. The van der Waals surface area contributed by atoms with Crippen molar-refractivity contribution < 1.29 is 13.2 Å². The number of aromatic nitrogens is 2. The zero-order chi connectivity index (χ0) is 16.1. The highest BCUT2D eigenvalue weighted by atomic mass is 32.2. The Morgan fingerprint density at radius 1 is 1.29 bits per heavy atom. The summed E-state index contributed by atoms with van der Waals surface area (Å²) in [6.45, 7) is 5.95. The molecule has 0 bridgehead atoms. The van der Waals surface area contributed by atoms with E-state index in [0.29, 0.717) is 5.82 Å². The summed E-state index contributed by atoms with van der Waals surface area (Å²) in [5, 5.41) is 5.62. The van der Waals surface area contributed by atoms with Crippen molar-refractivity contribution in [2.24, 2.45) is 0 Å². The predicted octanol–water partition coefficient (Wildman–Crippen LogP) is 0.852. The monoisotopic (exact) mass is 314 g/mol. The third kappa shape index (κ3) is 4.96. The van der Waals surface area contributed by atoms with E-state index in [4.69, 9.17) is 0 Å². The van der Waals surface area contributed by atoms with Gasteiger partial charge in [-0.05, 0) is 20.3 Å². The first-order valence-electron chi connectivity index (χ1n) is 6.71. The smallest absolute Gasteiger partial charge is 0.271 e. The first kappa shape index (κ1) is 17.4. The van der Waals surface area contributed by atoms with E-state index in [1.165, 1.54) is 12.4 Å². The van der Waals surface area contributed by atoms with Crippen molar-refractivity contribution in [1.29, 1.82) is 0 Å². The van der Waals surface area contributed by atoms with Gasteiger partial charge in [0.05, 0.1) is 17.1 Å². The van der Waals surface area contributed by atoms with Crippen LogP contribution in [0.5, 0.6) is 0 Å². The Morgan fingerprint density at radius 3 is 2.43 bits per heavy atom. The van der Waals surface area contributed by atoms with E-state index in [2.05, 4.69) is 20.6 Å². The van der Waals surface area contributed by atoms with Crippen molar-refractivity contribution in [3.63, 3.8) is 0 Å². The Kier molecular flexibility index (Phi) is 5.65. The molecule has 1 amide bonds. The molecule has 0 spiro atoms. The molecule has 0 aromatic carbocycles. The van der Waals surface area contributed by atoms with Crippen LogP contribution in [0.25, 0.3) is 0 Å². The SMILES string of the molecule is CCCNc1cnc(C(=O)NCC(C)(C)S(C)(=O)=O)cn1. The molecule has 0 aliphatic carbocycles. The van der Waals surface area contributed by atoms with Gasteiger partial charge in [0.1, 0.15) is 11.5 Å². The van der Waals surface area contributed by atoms with Gasteiger partial charge in [-0.25, -0.2) is 18.4 Å². The molecule has 0 aliphatic rings. The van der Waals surface area contributed by atoms with Crippen LogP contribution in [0.1, 0.15) is 37.7 Å². The van der Waals surface area contributed by atoms with Crippen LogP contribution in [0.4, 0.5) is 5.82 Å². The van der Waals surface area contributed by atoms with Crippen molar-refractivity contribution in [1.82, 2.24) is 15.3 Å². The van der Waals surface area contributed by atoms with E-state index in [-0.39, 0.29) is 12.2 Å². The van der Waals surface area contributed by atoms with Gasteiger partial charge in [0.25, 0.3) is 5.91 Å². The molecule has 0 saturated heterocycles. The number of rotatable bonds is 7. The second kappa shape index (κ2) is 6.84. The average Bonchev–Trinajstić information content (AvgIpc) is 2.42. The van der Waals surface area contributed by atoms with Crippen molar-refractivity contribution in [2.45, 2.75) is 31.9 Å². The minimum atomic E-state index is -3.26. The lowest BCUT2D eigenvalue weighted by atomic mass is 10.2. The summed E-state index contributed by atoms with van der Waals surface area (Å²) in [4.78, 5) is 20.0. The van der Waals surface area contributed by atoms with Gasteiger partial charge in [0.15, 0.2) is 9.84 Å². The summed E-state index contributed by atoms with van der Waals surface area (Å²) in [5.74, 6) is 0.158. The minimum absolute atomic E-state index is 0.0161. The molecule has 118 valence electrons. The summed E-state index contributed by atoms with van der Waals surface area (Å²) in [7, 11) is -3.26. The lowest BCUT2D eigenvalue weighted by Crippen LogP contribution is -2.43. The largest absolute Gasteiger partial charge is 0.369 e. The van der Waals surface area contributed by atoms with E-state index >= 15 is 0 Å². The fourth-order valence-electron chi connectivity index (χ4n) is 1.30.